The number of carbonyl (C=O) groups is 1. The molecule has 3 heteroatoms. The molecule has 0 radical (unpaired) electrons. The lowest BCUT2D eigenvalue weighted by Crippen LogP contribution is -2.28. The minimum absolute atomic E-state index is 0.0980. The van der Waals surface area contributed by atoms with Gasteiger partial charge in [0.1, 0.15) is 0 Å². The molecule has 0 aromatic heterocycles. The molecule has 0 aliphatic rings. The summed E-state index contributed by atoms with van der Waals surface area (Å²) < 4.78 is 0. The molecule has 1 amide bonds. The first-order valence-corrected chi connectivity index (χ1v) is 6.28. The summed E-state index contributed by atoms with van der Waals surface area (Å²) in [5.74, 6) is 0.0980. The van der Waals surface area contributed by atoms with Crippen molar-refractivity contribution in [2.24, 2.45) is 0 Å². The monoisotopic (exact) mass is 281 g/mol. The minimum Gasteiger partial charge on any atom is -0.341 e. The summed E-state index contributed by atoms with van der Waals surface area (Å²) in [4.78, 5) is 13.1. The number of alkyl halides is 1. The maximum atomic E-state index is 11.4. The summed E-state index contributed by atoms with van der Waals surface area (Å²) in [7, 11) is 1.81. The van der Waals surface area contributed by atoms with Crippen LogP contribution in [0, 0.1) is 0 Å². The molecule has 1 aromatic rings. The standard InChI is InChI=1S/C13H16BrNO/c1-11(10-15(2)13(16)9-14)8-12-6-4-3-5-7-12/h3-8H,9-10H2,1-2H3/b11-8+. The van der Waals surface area contributed by atoms with Crippen molar-refractivity contribution in [2.45, 2.75) is 6.92 Å². The maximum Gasteiger partial charge on any atom is 0.233 e. The van der Waals surface area contributed by atoms with Gasteiger partial charge in [0.2, 0.25) is 5.91 Å². The lowest BCUT2D eigenvalue weighted by Gasteiger charge is -2.16. The van der Waals surface area contributed by atoms with E-state index in [1.54, 1.807) is 4.90 Å². The van der Waals surface area contributed by atoms with E-state index in [-0.39, 0.29) is 5.91 Å². The second kappa shape index (κ2) is 6.48. The average Bonchev–Trinajstić information content (AvgIpc) is 2.29. The summed E-state index contributed by atoms with van der Waals surface area (Å²) in [6.07, 6.45) is 2.10. The van der Waals surface area contributed by atoms with E-state index in [1.165, 1.54) is 11.1 Å². The zero-order valence-electron chi connectivity index (χ0n) is 9.61. The van der Waals surface area contributed by atoms with Crippen molar-refractivity contribution >= 4 is 27.9 Å². The van der Waals surface area contributed by atoms with Crippen molar-refractivity contribution in [3.05, 3.63) is 41.5 Å². The second-order valence-electron chi connectivity index (χ2n) is 3.78. The Balaban J connectivity index is 2.62. The van der Waals surface area contributed by atoms with Crippen LogP contribution >= 0.6 is 15.9 Å². The van der Waals surface area contributed by atoms with Crippen LogP contribution in [0.3, 0.4) is 0 Å². The number of amides is 1. The number of nitrogens with zero attached hydrogens (tertiary/aromatic N) is 1. The van der Waals surface area contributed by atoms with Crippen molar-refractivity contribution < 1.29 is 4.79 Å². The summed E-state index contributed by atoms with van der Waals surface area (Å²) in [5, 5.41) is 0.377. The molecular formula is C13H16BrNO. The first kappa shape index (κ1) is 13.0. The highest BCUT2D eigenvalue weighted by Gasteiger charge is 2.06. The van der Waals surface area contributed by atoms with Gasteiger partial charge in [-0.25, -0.2) is 0 Å². The normalized spacial score (nSPS) is 11.3. The molecule has 1 aromatic carbocycles. The molecule has 0 saturated carbocycles. The third kappa shape index (κ3) is 4.19. The van der Waals surface area contributed by atoms with E-state index in [2.05, 4.69) is 34.1 Å². The van der Waals surface area contributed by atoms with Crippen LogP contribution in [0.2, 0.25) is 0 Å². The fourth-order valence-corrected chi connectivity index (χ4v) is 1.87. The molecule has 1 rings (SSSR count). The molecule has 0 N–H and O–H groups in total. The average molecular weight is 282 g/mol. The fraction of sp³-hybridized carbons (Fsp3) is 0.308. The van der Waals surface area contributed by atoms with Gasteiger partial charge >= 0.3 is 0 Å². The predicted octanol–water partition coefficient (Wildman–Crippen LogP) is 2.94. The highest BCUT2D eigenvalue weighted by Crippen LogP contribution is 2.07. The van der Waals surface area contributed by atoms with Gasteiger partial charge in [0.25, 0.3) is 0 Å². The first-order valence-electron chi connectivity index (χ1n) is 5.15. The molecule has 0 aliphatic carbocycles. The Morgan fingerprint density at radius 2 is 2.00 bits per heavy atom. The van der Waals surface area contributed by atoms with E-state index >= 15 is 0 Å². The lowest BCUT2D eigenvalue weighted by atomic mass is 10.1. The third-order valence-electron chi connectivity index (χ3n) is 2.24. The topological polar surface area (TPSA) is 20.3 Å². The van der Waals surface area contributed by atoms with Crippen molar-refractivity contribution in [1.82, 2.24) is 4.90 Å². The maximum absolute atomic E-state index is 11.4. The van der Waals surface area contributed by atoms with Gasteiger partial charge in [-0.15, -0.1) is 0 Å². The number of halogens is 1. The van der Waals surface area contributed by atoms with Crippen LogP contribution in [0.1, 0.15) is 12.5 Å². The van der Waals surface area contributed by atoms with Gasteiger partial charge in [-0.3, -0.25) is 4.79 Å². The fourth-order valence-electron chi connectivity index (χ4n) is 1.44. The Labute approximate surface area is 105 Å². The van der Waals surface area contributed by atoms with Gasteiger partial charge in [-0.05, 0) is 12.5 Å². The SMILES string of the molecule is C/C(=C\c1ccccc1)CN(C)C(=O)CBr. The number of benzene rings is 1. The highest BCUT2D eigenvalue weighted by atomic mass is 79.9. The first-order chi connectivity index (χ1) is 7.63. The zero-order valence-corrected chi connectivity index (χ0v) is 11.2. The molecule has 0 unspecified atom stereocenters. The van der Waals surface area contributed by atoms with E-state index in [0.29, 0.717) is 11.9 Å². The van der Waals surface area contributed by atoms with Crippen LogP contribution in [0.15, 0.2) is 35.9 Å². The Kier molecular flexibility index (Phi) is 5.26. The Morgan fingerprint density at radius 1 is 1.38 bits per heavy atom. The van der Waals surface area contributed by atoms with E-state index in [1.807, 2.05) is 32.2 Å². The predicted molar refractivity (Wildman–Crippen MR) is 71.5 cm³/mol. The zero-order chi connectivity index (χ0) is 12.0. The number of likely N-dealkylation sites (N-methyl/N-ethyl adjacent to an activating group) is 1. The smallest absolute Gasteiger partial charge is 0.233 e. The third-order valence-corrected chi connectivity index (χ3v) is 2.72. The molecular weight excluding hydrogens is 266 g/mol. The molecule has 0 aliphatic heterocycles. The highest BCUT2D eigenvalue weighted by molar-refractivity contribution is 9.09. The molecule has 0 saturated heterocycles. The van der Waals surface area contributed by atoms with Gasteiger partial charge in [0, 0.05) is 13.6 Å². The minimum atomic E-state index is 0.0980. The van der Waals surface area contributed by atoms with Gasteiger partial charge in [0.15, 0.2) is 0 Å². The van der Waals surface area contributed by atoms with Crippen LogP contribution in [0.4, 0.5) is 0 Å². The van der Waals surface area contributed by atoms with Gasteiger partial charge in [-0.2, -0.15) is 0 Å². The van der Waals surface area contributed by atoms with E-state index in [0.717, 1.165) is 0 Å². The van der Waals surface area contributed by atoms with Crippen LogP contribution in [0.5, 0.6) is 0 Å². The number of hydrogen-bond acceptors (Lipinski definition) is 1. The molecule has 0 heterocycles. The van der Waals surface area contributed by atoms with Crippen molar-refractivity contribution in [1.29, 1.82) is 0 Å². The number of hydrogen-bond donors (Lipinski definition) is 0. The molecule has 86 valence electrons. The van der Waals surface area contributed by atoms with Gasteiger partial charge in [-0.1, -0.05) is 57.9 Å². The summed E-state index contributed by atoms with van der Waals surface area (Å²) in [6, 6.07) is 10.1. The number of rotatable bonds is 4. The van der Waals surface area contributed by atoms with Crippen LogP contribution in [-0.4, -0.2) is 29.7 Å². The van der Waals surface area contributed by atoms with Crippen molar-refractivity contribution in [3.8, 4) is 0 Å². The summed E-state index contributed by atoms with van der Waals surface area (Å²) in [6.45, 7) is 2.70. The van der Waals surface area contributed by atoms with Crippen molar-refractivity contribution in [2.75, 3.05) is 18.9 Å². The molecule has 0 atom stereocenters. The Morgan fingerprint density at radius 3 is 2.56 bits per heavy atom. The molecule has 0 fully saturated rings. The molecule has 0 spiro atoms. The van der Waals surface area contributed by atoms with Crippen molar-refractivity contribution in [3.63, 3.8) is 0 Å². The molecule has 0 bridgehead atoms. The van der Waals surface area contributed by atoms with Crippen LogP contribution in [-0.2, 0) is 4.79 Å². The van der Waals surface area contributed by atoms with E-state index in [4.69, 9.17) is 0 Å². The largest absolute Gasteiger partial charge is 0.341 e. The lowest BCUT2D eigenvalue weighted by molar-refractivity contribution is -0.126. The molecule has 16 heavy (non-hydrogen) atoms. The quantitative estimate of drug-likeness (QED) is 0.777. The van der Waals surface area contributed by atoms with E-state index in [9.17, 15) is 4.79 Å². The molecule has 2 nitrogen and oxygen atoms in total. The Hall–Kier alpha value is -1.09. The van der Waals surface area contributed by atoms with Crippen LogP contribution < -0.4 is 0 Å². The van der Waals surface area contributed by atoms with Gasteiger partial charge < -0.3 is 4.90 Å². The number of carbonyl (C=O) groups excluding carboxylic acids is 1. The summed E-state index contributed by atoms with van der Waals surface area (Å²) in [5.41, 5.74) is 2.34. The second-order valence-corrected chi connectivity index (χ2v) is 4.35. The Bertz CT molecular complexity index is 373. The van der Waals surface area contributed by atoms with Crippen LogP contribution in [0.25, 0.3) is 6.08 Å². The van der Waals surface area contributed by atoms with E-state index < -0.39 is 0 Å². The summed E-state index contributed by atoms with van der Waals surface area (Å²) >= 11 is 3.16. The van der Waals surface area contributed by atoms with Gasteiger partial charge in [0.05, 0.1) is 5.33 Å².